The molecule has 0 bridgehead atoms. The molecule has 0 atom stereocenters. The van der Waals surface area contributed by atoms with Gasteiger partial charge in [0, 0.05) is 28.9 Å². The summed E-state index contributed by atoms with van der Waals surface area (Å²) in [6.07, 6.45) is 10.4. The van der Waals surface area contributed by atoms with Crippen molar-refractivity contribution in [1.29, 1.82) is 0 Å². The summed E-state index contributed by atoms with van der Waals surface area (Å²) in [4.78, 5) is 11.6. The van der Waals surface area contributed by atoms with E-state index in [1.54, 1.807) is 6.21 Å². The predicted molar refractivity (Wildman–Crippen MR) is 84.5 cm³/mol. The molecule has 0 saturated heterocycles. The highest BCUT2D eigenvalue weighted by atomic mass is 16.2. The van der Waals surface area contributed by atoms with Crippen LogP contribution in [-0.4, -0.2) is 16.7 Å². The Morgan fingerprint density at radius 2 is 1.95 bits per heavy atom. The maximum atomic E-state index is 11.6. The van der Waals surface area contributed by atoms with Gasteiger partial charge in [-0.3, -0.25) is 4.79 Å². The molecule has 0 aliphatic heterocycles. The molecule has 4 nitrogen and oxygen atoms in total. The highest BCUT2D eigenvalue weighted by Crippen LogP contribution is 2.32. The summed E-state index contributed by atoms with van der Waals surface area (Å²) < 4.78 is 2.46. The fraction of sp³-hybridized carbons (Fsp3) is 0.647. The van der Waals surface area contributed by atoms with Crippen molar-refractivity contribution < 1.29 is 4.79 Å². The monoisotopic (exact) mass is 287 g/mol. The Bertz CT molecular complexity index is 549. The van der Waals surface area contributed by atoms with Crippen LogP contribution in [0.15, 0.2) is 11.2 Å². The lowest BCUT2D eigenvalue weighted by molar-refractivity contribution is -0.122. The van der Waals surface area contributed by atoms with Crippen molar-refractivity contribution in [3.8, 4) is 0 Å². The fourth-order valence-corrected chi connectivity index (χ4v) is 3.44. The first-order chi connectivity index (χ1) is 10.2. The van der Waals surface area contributed by atoms with E-state index >= 15 is 0 Å². The van der Waals surface area contributed by atoms with Crippen LogP contribution in [0.5, 0.6) is 0 Å². The summed E-state index contributed by atoms with van der Waals surface area (Å²) in [7, 11) is 0. The average Bonchev–Trinajstić information content (AvgIpc) is 3.28. The number of hydrazone groups is 1. The minimum absolute atomic E-state index is 0.0624. The summed E-state index contributed by atoms with van der Waals surface area (Å²) >= 11 is 0. The first kappa shape index (κ1) is 14.4. The largest absolute Gasteiger partial charge is 0.345 e. The van der Waals surface area contributed by atoms with Gasteiger partial charge in [-0.15, -0.1) is 0 Å². The van der Waals surface area contributed by atoms with Crippen LogP contribution >= 0.6 is 0 Å². The van der Waals surface area contributed by atoms with Crippen LogP contribution < -0.4 is 5.43 Å². The normalized spacial score (nSPS) is 20.1. The molecular formula is C17H25N3O. The number of nitrogens with one attached hydrogen (secondary N) is 1. The first-order valence-electron chi connectivity index (χ1n) is 8.18. The summed E-state index contributed by atoms with van der Waals surface area (Å²) in [5, 5.41) is 4.13. The topological polar surface area (TPSA) is 46.4 Å². The highest BCUT2D eigenvalue weighted by Gasteiger charge is 2.29. The van der Waals surface area contributed by atoms with E-state index in [4.69, 9.17) is 0 Å². The number of carbonyl (C=O) groups excluding carboxylic acids is 1. The maximum absolute atomic E-state index is 11.6. The van der Waals surface area contributed by atoms with Crippen molar-refractivity contribution in [2.75, 3.05) is 0 Å². The van der Waals surface area contributed by atoms with Gasteiger partial charge < -0.3 is 4.57 Å². The number of aromatic nitrogens is 1. The zero-order valence-electron chi connectivity index (χ0n) is 13.1. The Morgan fingerprint density at radius 3 is 2.62 bits per heavy atom. The van der Waals surface area contributed by atoms with Crippen molar-refractivity contribution in [3.63, 3.8) is 0 Å². The molecule has 2 aliphatic rings. The molecule has 4 heteroatoms. The second-order valence-corrected chi connectivity index (χ2v) is 6.50. The SMILES string of the molecule is Cc1cc(/C=N\NC(=O)C2CC2)c(C)n1C1CCCCC1. The molecule has 1 heterocycles. The summed E-state index contributed by atoms with van der Waals surface area (Å²) in [6.45, 7) is 4.33. The summed E-state index contributed by atoms with van der Waals surface area (Å²) in [5.74, 6) is 0.268. The number of rotatable bonds is 4. The number of hydrogen-bond donors (Lipinski definition) is 1. The summed E-state index contributed by atoms with van der Waals surface area (Å²) in [6, 6.07) is 2.82. The summed E-state index contributed by atoms with van der Waals surface area (Å²) in [5.41, 5.74) is 6.34. The van der Waals surface area contributed by atoms with E-state index in [9.17, 15) is 4.79 Å². The zero-order chi connectivity index (χ0) is 14.8. The Balaban J connectivity index is 1.70. The molecule has 0 radical (unpaired) electrons. The van der Waals surface area contributed by atoms with E-state index in [1.807, 2.05) is 0 Å². The Kier molecular flexibility index (Phi) is 4.13. The molecule has 1 aromatic rings. The quantitative estimate of drug-likeness (QED) is 0.669. The van der Waals surface area contributed by atoms with E-state index in [0.717, 1.165) is 18.4 Å². The molecule has 0 spiro atoms. The van der Waals surface area contributed by atoms with Crippen LogP contribution in [0.3, 0.4) is 0 Å². The molecular weight excluding hydrogens is 262 g/mol. The number of aryl methyl sites for hydroxylation is 1. The third kappa shape index (κ3) is 3.20. The van der Waals surface area contributed by atoms with Crippen LogP contribution in [0.25, 0.3) is 0 Å². The van der Waals surface area contributed by atoms with E-state index < -0.39 is 0 Å². The van der Waals surface area contributed by atoms with Crippen LogP contribution in [0, 0.1) is 19.8 Å². The van der Waals surface area contributed by atoms with Crippen LogP contribution in [-0.2, 0) is 4.79 Å². The van der Waals surface area contributed by atoms with Gasteiger partial charge in [0.25, 0.3) is 0 Å². The van der Waals surface area contributed by atoms with Gasteiger partial charge in [-0.2, -0.15) is 5.10 Å². The predicted octanol–water partition coefficient (Wildman–Crippen LogP) is 3.47. The van der Waals surface area contributed by atoms with Crippen molar-refractivity contribution in [3.05, 3.63) is 23.0 Å². The van der Waals surface area contributed by atoms with Gasteiger partial charge in [0.15, 0.2) is 0 Å². The number of nitrogens with zero attached hydrogens (tertiary/aromatic N) is 2. The molecule has 0 unspecified atom stereocenters. The Hall–Kier alpha value is -1.58. The standard InChI is InChI=1S/C17H25N3O/c1-12-10-15(11-18-19-17(21)14-8-9-14)13(2)20(12)16-6-4-3-5-7-16/h10-11,14,16H,3-9H2,1-2H3,(H,19,21)/b18-11-. The van der Waals surface area contributed by atoms with Crippen LogP contribution in [0.1, 0.15) is 67.9 Å². The molecule has 0 aromatic carbocycles. The highest BCUT2D eigenvalue weighted by molar-refractivity contribution is 5.85. The van der Waals surface area contributed by atoms with Gasteiger partial charge in [0.1, 0.15) is 0 Å². The van der Waals surface area contributed by atoms with Crippen molar-refractivity contribution in [2.24, 2.45) is 11.0 Å². The van der Waals surface area contributed by atoms with Gasteiger partial charge >= 0.3 is 0 Å². The van der Waals surface area contributed by atoms with Crippen LogP contribution in [0.2, 0.25) is 0 Å². The van der Waals surface area contributed by atoms with Crippen LogP contribution in [0.4, 0.5) is 0 Å². The third-order valence-corrected chi connectivity index (χ3v) is 4.79. The third-order valence-electron chi connectivity index (χ3n) is 4.79. The number of hydrogen-bond acceptors (Lipinski definition) is 2. The van der Waals surface area contributed by atoms with Gasteiger partial charge in [0.2, 0.25) is 5.91 Å². The molecule has 2 saturated carbocycles. The lowest BCUT2D eigenvalue weighted by atomic mass is 9.95. The Labute approximate surface area is 126 Å². The molecule has 3 rings (SSSR count). The first-order valence-corrected chi connectivity index (χ1v) is 8.18. The molecule has 2 fully saturated rings. The fourth-order valence-electron chi connectivity index (χ4n) is 3.44. The van der Waals surface area contributed by atoms with Gasteiger partial charge in [-0.1, -0.05) is 19.3 Å². The number of amides is 1. The lowest BCUT2D eigenvalue weighted by Crippen LogP contribution is -2.19. The number of carbonyl (C=O) groups is 1. The molecule has 21 heavy (non-hydrogen) atoms. The smallest absolute Gasteiger partial charge is 0.243 e. The van der Waals surface area contributed by atoms with Gasteiger partial charge in [-0.25, -0.2) is 5.43 Å². The second kappa shape index (κ2) is 6.04. The van der Waals surface area contributed by atoms with Gasteiger partial charge in [-0.05, 0) is 45.6 Å². The molecule has 1 aromatic heterocycles. The van der Waals surface area contributed by atoms with E-state index in [0.29, 0.717) is 6.04 Å². The van der Waals surface area contributed by atoms with Crippen molar-refractivity contribution in [2.45, 2.75) is 64.8 Å². The second-order valence-electron chi connectivity index (χ2n) is 6.50. The van der Waals surface area contributed by atoms with E-state index in [2.05, 4.69) is 35.0 Å². The van der Waals surface area contributed by atoms with Crippen molar-refractivity contribution in [1.82, 2.24) is 9.99 Å². The molecule has 1 N–H and O–H groups in total. The van der Waals surface area contributed by atoms with Gasteiger partial charge in [0.05, 0.1) is 6.21 Å². The minimum Gasteiger partial charge on any atom is -0.345 e. The van der Waals surface area contributed by atoms with E-state index in [1.165, 1.54) is 43.5 Å². The van der Waals surface area contributed by atoms with E-state index in [-0.39, 0.29) is 11.8 Å². The molecule has 114 valence electrons. The molecule has 1 amide bonds. The molecule has 2 aliphatic carbocycles. The zero-order valence-corrected chi connectivity index (χ0v) is 13.1. The Morgan fingerprint density at radius 1 is 1.24 bits per heavy atom. The minimum atomic E-state index is 0.0624. The maximum Gasteiger partial charge on any atom is 0.243 e. The van der Waals surface area contributed by atoms with Crippen molar-refractivity contribution >= 4 is 12.1 Å². The lowest BCUT2D eigenvalue weighted by Gasteiger charge is -2.26. The average molecular weight is 287 g/mol.